The van der Waals surface area contributed by atoms with E-state index in [2.05, 4.69) is 10.4 Å². The highest BCUT2D eigenvalue weighted by Gasteiger charge is 2.52. The lowest BCUT2D eigenvalue weighted by Crippen LogP contribution is -2.25. The average molecular weight is 228 g/mol. The highest BCUT2D eigenvalue weighted by atomic mass is 35.5. The van der Waals surface area contributed by atoms with Gasteiger partial charge in [0.2, 0.25) is 0 Å². The number of nitrogens with zero attached hydrogens (tertiary/aromatic N) is 2. The summed E-state index contributed by atoms with van der Waals surface area (Å²) in [6, 6.07) is 3.26. The zero-order valence-corrected chi connectivity index (χ0v) is 9.11. The molecule has 0 spiro atoms. The van der Waals surface area contributed by atoms with Crippen LogP contribution < -0.4 is 10.9 Å². The van der Waals surface area contributed by atoms with E-state index in [9.17, 15) is 4.79 Å². The van der Waals surface area contributed by atoms with Crippen LogP contribution in [0.15, 0.2) is 23.1 Å². The van der Waals surface area contributed by atoms with E-state index in [1.165, 1.54) is 0 Å². The average Bonchev–Trinajstić information content (AvgIpc) is 2.64. The Morgan fingerprint density at radius 3 is 2.87 bits per heavy atom. The Morgan fingerprint density at radius 2 is 2.20 bits per heavy atom. The summed E-state index contributed by atoms with van der Waals surface area (Å²) in [6.07, 6.45) is 1.68. The van der Waals surface area contributed by atoms with Crippen LogP contribution in [0.2, 0.25) is 0 Å². The van der Waals surface area contributed by atoms with Crippen LogP contribution in [0.1, 0.15) is 0 Å². The smallest absolute Gasteiger partial charge is 0.266 e. The number of fused-ring (bicyclic) bond motifs is 1. The molecule has 5 heteroatoms. The Balaban J connectivity index is 0.000000853. The second kappa shape index (κ2) is 3.94. The molecule has 1 aliphatic carbocycles. The molecule has 1 aromatic heterocycles. The number of piperidine rings is 1. The summed E-state index contributed by atoms with van der Waals surface area (Å²) in [5.74, 6) is 2.27. The number of aromatic nitrogens is 2. The summed E-state index contributed by atoms with van der Waals surface area (Å²) >= 11 is 0. The molecule has 0 bridgehead atoms. The van der Waals surface area contributed by atoms with E-state index in [0.717, 1.165) is 31.5 Å². The molecular formula is C10H14ClN3O. The van der Waals surface area contributed by atoms with E-state index in [0.29, 0.717) is 5.92 Å². The topological polar surface area (TPSA) is 46.9 Å². The van der Waals surface area contributed by atoms with Crippen molar-refractivity contribution in [1.29, 1.82) is 0 Å². The van der Waals surface area contributed by atoms with Crippen molar-refractivity contribution in [3.05, 3.63) is 28.7 Å². The maximum absolute atomic E-state index is 11.4. The molecule has 0 amide bonds. The van der Waals surface area contributed by atoms with E-state index in [-0.39, 0.29) is 18.0 Å². The van der Waals surface area contributed by atoms with Crippen LogP contribution >= 0.6 is 12.4 Å². The Labute approximate surface area is 94.1 Å². The van der Waals surface area contributed by atoms with Gasteiger partial charge in [0.1, 0.15) is 0 Å². The van der Waals surface area contributed by atoms with Gasteiger partial charge in [-0.25, -0.2) is 4.68 Å². The van der Waals surface area contributed by atoms with Gasteiger partial charge in [0.05, 0.1) is 0 Å². The minimum Gasteiger partial charge on any atom is -0.316 e. The summed E-state index contributed by atoms with van der Waals surface area (Å²) in [5, 5.41) is 7.41. The molecule has 1 saturated carbocycles. The molecule has 3 rings (SSSR count). The summed E-state index contributed by atoms with van der Waals surface area (Å²) < 4.78 is 1.59. The summed E-state index contributed by atoms with van der Waals surface area (Å²) in [4.78, 5) is 11.4. The molecule has 2 heterocycles. The van der Waals surface area contributed by atoms with Crippen molar-refractivity contribution in [2.45, 2.75) is 6.54 Å². The SMILES string of the molecule is Cl.O=c1cccnn1CC1[C@H]2CNC[C@@H]12. The van der Waals surface area contributed by atoms with Crippen molar-refractivity contribution in [3.8, 4) is 0 Å². The molecule has 15 heavy (non-hydrogen) atoms. The number of hydrogen-bond acceptors (Lipinski definition) is 3. The van der Waals surface area contributed by atoms with Gasteiger partial charge in [0.15, 0.2) is 0 Å². The van der Waals surface area contributed by atoms with Gasteiger partial charge in [-0.05, 0) is 36.9 Å². The molecule has 1 N–H and O–H groups in total. The Bertz CT molecular complexity index is 396. The normalized spacial score (nSPS) is 31.9. The van der Waals surface area contributed by atoms with Crippen LogP contribution in [-0.4, -0.2) is 22.9 Å². The molecule has 82 valence electrons. The minimum absolute atomic E-state index is 0. The van der Waals surface area contributed by atoms with Crippen LogP contribution in [0.5, 0.6) is 0 Å². The standard InChI is InChI=1S/C10H13N3O.ClH/c14-10-2-1-3-12-13(10)6-9-7-4-11-5-8(7)9;/h1-3,7-9,11H,4-6H2;1H/t7-,8+,9?;. The van der Waals surface area contributed by atoms with Gasteiger partial charge in [-0.2, -0.15) is 5.10 Å². The number of halogens is 1. The van der Waals surface area contributed by atoms with Crippen LogP contribution in [-0.2, 0) is 6.54 Å². The molecule has 2 aliphatic rings. The highest BCUT2D eigenvalue weighted by Crippen LogP contribution is 2.49. The quantitative estimate of drug-likeness (QED) is 0.782. The molecule has 0 aromatic carbocycles. The summed E-state index contributed by atoms with van der Waals surface area (Å²) in [7, 11) is 0. The maximum Gasteiger partial charge on any atom is 0.266 e. The first-order chi connectivity index (χ1) is 6.86. The van der Waals surface area contributed by atoms with E-state index < -0.39 is 0 Å². The Morgan fingerprint density at radius 1 is 1.47 bits per heavy atom. The zero-order chi connectivity index (χ0) is 9.54. The maximum atomic E-state index is 11.4. The first-order valence-electron chi connectivity index (χ1n) is 5.09. The third kappa shape index (κ3) is 1.79. The molecule has 1 saturated heterocycles. The molecule has 1 aliphatic heterocycles. The van der Waals surface area contributed by atoms with E-state index in [1.807, 2.05) is 0 Å². The molecule has 1 unspecified atom stereocenters. The van der Waals surface area contributed by atoms with E-state index in [4.69, 9.17) is 0 Å². The Hall–Kier alpha value is -0.870. The van der Waals surface area contributed by atoms with Gasteiger partial charge in [-0.15, -0.1) is 12.4 Å². The van der Waals surface area contributed by atoms with Gasteiger partial charge in [-0.1, -0.05) is 0 Å². The fourth-order valence-corrected chi connectivity index (χ4v) is 2.54. The predicted octanol–water partition coefficient (Wildman–Crippen LogP) is 0.130. The fraction of sp³-hybridized carbons (Fsp3) is 0.600. The predicted molar refractivity (Wildman–Crippen MR) is 59.1 cm³/mol. The second-order valence-corrected chi connectivity index (χ2v) is 4.19. The van der Waals surface area contributed by atoms with Crippen molar-refractivity contribution in [1.82, 2.24) is 15.1 Å². The third-order valence-electron chi connectivity index (χ3n) is 3.44. The van der Waals surface area contributed by atoms with Crippen molar-refractivity contribution in [2.24, 2.45) is 17.8 Å². The molecule has 4 nitrogen and oxygen atoms in total. The largest absolute Gasteiger partial charge is 0.316 e. The second-order valence-electron chi connectivity index (χ2n) is 4.19. The fourth-order valence-electron chi connectivity index (χ4n) is 2.54. The Kier molecular flexibility index (Phi) is 2.80. The van der Waals surface area contributed by atoms with Gasteiger partial charge in [0, 0.05) is 18.8 Å². The van der Waals surface area contributed by atoms with Gasteiger partial charge < -0.3 is 5.32 Å². The number of nitrogens with one attached hydrogen (secondary N) is 1. The minimum atomic E-state index is 0. The van der Waals surface area contributed by atoms with Gasteiger partial charge in [0.25, 0.3) is 5.56 Å². The zero-order valence-electron chi connectivity index (χ0n) is 8.30. The van der Waals surface area contributed by atoms with Crippen molar-refractivity contribution in [3.63, 3.8) is 0 Å². The lowest BCUT2D eigenvalue weighted by atomic mass is 10.3. The lowest BCUT2D eigenvalue weighted by molar-refractivity contribution is 0.467. The van der Waals surface area contributed by atoms with Crippen molar-refractivity contribution in [2.75, 3.05) is 13.1 Å². The van der Waals surface area contributed by atoms with Gasteiger partial charge >= 0.3 is 0 Å². The summed E-state index contributed by atoms with van der Waals surface area (Å²) in [5.41, 5.74) is 0.0189. The first-order valence-corrected chi connectivity index (χ1v) is 5.09. The van der Waals surface area contributed by atoms with Crippen LogP contribution in [0.25, 0.3) is 0 Å². The highest BCUT2D eigenvalue weighted by molar-refractivity contribution is 5.85. The van der Waals surface area contributed by atoms with Crippen molar-refractivity contribution >= 4 is 12.4 Å². The number of hydrogen-bond donors (Lipinski definition) is 1. The van der Waals surface area contributed by atoms with E-state index in [1.54, 1.807) is 23.0 Å². The van der Waals surface area contributed by atoms with Crippen molar-refractivity contribution < 1.29 is 0 Å². The van der Waals surface area contributed by atoms with Gasteiger partial charge in [-0.3, -0.25) is 4.79 Å². The van der Waals surface area contributed by atoms with Crippen LogP contribution in [0, 0.1) is 17.8 Å². The number of rotatable bonds is 2. The van der Waals surface area contributed by atoms with Crippen LogP contribution in [0.3, 0.4) is 0 Å². The molecule has 1 aromatic rings. The van der Waals surface area contributed by atoms with E-state index >= 15 is 0 Å². The molecular weight excluding hydrogens is 214 g/mol. The molecule has 0 radical (unpaired) electrons. The lowest BCUT2D eigenvalue weighted by Gasteiger charge is -2.05. The third-order valence-corrected chi connectivity index (χ3v) is 3.44. The summed E-state index contributed by atoms with van der Waals surface area (Å²) in [6.45, 7) is 3.05. The van der Waals surface area contributed by atoms with Crippen LogP contribution in [0.4, 0.5) is 0 Å². The monoisotopic (exact) mass is 227 g/mol. The molecule has 2 fully saturated rings. The first kappa shape index (κ1) is 10.6. The molecule has 3 atom stereocenters.